The van der Waals surface area contributed by atoms with Crippen LogP contribution in [0.1, 0.15) is 348 Å². The number of hydrogen-bond donors (Lipinski definition) is 9. The summed E-state index contributed by atoms with van der Waals surface area (Å²) < 4.78 is 22.9. The zero-order valence-corrected chi connectivity index (χ0v) is 64.8. The van der Waals surface area contributed by atoms with E-state index >= 15 is 0 Å². The quantitative estimate of drug-likeness (QED) is 0.0204. The summed E-state index contributed by atoms with van der Waals surface area (Å²) >= 11 is 0. The lowest BCUT2D eigenvalue weighted by Gasteiger charge is -2.46. The molecule has 0 radical (unpaired) electrons. The van der Waals surface area contributed by atoms with Gasteiger partial charge in [-0.15, -0.1) is 0 Å². The van der Waals surface area contributed by atoms with Crippen LogP contribution in [0.4, 0.5) is 0 Å². The fourth-order valence-corrected chi connectivity index (χ4v) is 13.3. The maximum absolute atomic E-state index is 13.4. The molecule has 12 unspecified atom stereocenters. The topological polar surface area (TPSA) is 228 Å². The molecule has 9 N–H and O–H groups in total. The highest BCUT2D eigenvalue weighted by Gasteiger charge is 2.51. The summed E-state index contributed by atoms with van der Waals surface area (Å²) in [5.41, 5.74) is 0. The van der Waals surface area contributed by atoms with Gasteiger partial charge in [0.1, 0.15) is 48.8 Å². The van der Waals surface area contributed by atoms with E-state index in [1.807, 2.05) is 6.08 Å². The molecule has 2 aliphatic heterocycles. The summed E-state index contributed by atoms with van der Waals surface area (Å²) in [7, 11) is 0. The van der Waals surface area contributed by atoms with Crippen molar-refractivity contribution in [2.24, 2.45) is 0 Å². The second-order valence-corrected chi connectivity index (χ2v) is 29.2. The van der Waals surface area contributed by atoms with E-state index in [0.29, 0.717) is 12.8 Å². The van der Waals surface area contributed by atoms with Crippen molar-refractivity contribution in [3.8, 4) is 0 Å². The molecule has 0 aromatic heterocycles. The number of aliphatic hydroxyl groups excluding tert-OH is 8. The zero-order chi connectivity index (χ0) is 73.7. The van der Waals surface area contributed by atoms with E-state index in [4.69, 9.17) is 18.9 Å². The van der Waals surface area contributed by atoms with Crippen LogP contribution in [0.2, 0.25) is 0 Å². The minimum absolute atomic E-state index is 0.252. The van der Waals surface area contributed by atoms with Crippen molar-refractivity contribution in [3.63, 3.8) is 0 Å². The zero-order valence-electron chi connectivity index (χ0n) is 64.8. The van der Waals surface area contributed by atoms with E-state index in [0.717, 1.165) is 83.5 Å². The third-order valence-electron chi connectivity index (χ3n) is 19.9. The molecular formula is C88H155NO13. The predicted molar refractivity (Wildman–Crippen MR) is 424 cm³/mol. The van der Waals surface area contributed by atoms with Crippen molar-refractivity contribution in [3.05, 3.63) is 109 Å². The van der Waals surface area contributed by atoms with Crippen molar-refractivity contribution in [2.75, 3.05) is 19.8 Å². The van der Waals surface area contributed by atoms with Crippen molar-refractivity contribution < 1.29 is 64.6 Å². The van der Waals surface area contributed by atoms with Gasteiger partial charge in [0.25, 0.3) is 0 Å². The van der Waals surface area contributed by atoms with Gasteiger partial charge in [-0.05, 0) is 96.3 Å². The van der Waals surface area contributed by atoms with Crippen molar-refractivity contribution in [1.82, 2.24) is 5.32 Å². The van der Waals surface area contributed by atoms with Gasteiger partial charge < -0.3 is 65.1 Å². The number of nitrogens with one attached hydrogen (secondary N) is 1. The maximum Gasteiger partial charge on any atom is 0.220 e. The molecule has 0 spiro atoms. The Kier molecular flexibility index (Phi) is 65.6. The lowest BCUT2D eigenvalue weighted by atomic mass is 9.97. The second kappa shape index (κ2) is 70.6. The standard InChI is InChI=1S/C88H155NO13/c1-3-5-7-9-11-13-15-17-19-21-23-25-27-29-31-33-35-37-38-40-42-44-46-48-50-52-54-56-58-60-62-64-66-68-70-72-80(93)89-76(75-99-87-85(98)83(96)86(79(74-91)101-87)102-88-84(97)82(95)81(94)78(73-90)100-88)77(92)71-69-67-65-63-61-59-57-55-53-51-49-47-45-43-41-39-36-34-32-30-28-26-24-22-20-18-16-14-12-10-8-6-4-2/h5,7,11,13,17,19,23,25,29,31,35,37,53,55,61,63,69,71,76-79,81-88,90-92,94-98H,3-4,6,8-10,12,14-16,18,20-22,24,26-28,30,32-34,36,38-52,54,56-60,62,64-68,70,72-75H2,1-2H3,(H,89,93)/b7-5-,13-11-,19-17-,25-23-,31-29-,37-35-,55-53+,63-61+,71-69+. The molecule has 0 aromatic carbocycles. The smallest absolute Gasteiger partial charge is 0.220 e. The maximum atomic E-state index is 13.4. The van der Waals surface area contributed by atoms with E-state index < -0.39 is 86.8 Å². The Balaban J connectivity index is 1.62. The van der Waals surface area contributed by atoms with Gasteiger partial charge in [0.05, 0.1) is 32.0 Å². The van der Waals surface area contributed by atoms with Gasteiger partial charge in [0.2, 0.25) is 5.91 Å². The monoisotopic (exact) mass is 1430 g/mol. The summed E-state index contributed by atoms with van der Waals surface area (Å²) in [4.78, 5) is 13.4. The molecule has 0 bridgehead atoms. The highest BCUT2D eigenvalue weighted by atomic mass is 16.7. The molecule has 2 aliphatic rings. The summed E-state index contributed by atoms with van der Waals surface area (Å²) in [6.45, 7) is 2.70. The lowest BCUT2D eigenvalue weighted by molar-refractivity contribution is -0.359. The minimum Gasteiger partial charge on any atom is -0.394 e. The molecule has 2 saturated heterocycles. The Morgan fingerprint density at radius 2 is 0.686 bits per heavy atom. The van der Waals surface area contributed by atoms with Crippen LogP contribution >= 0.6 is 0 Å². The van der Waals surface area contributed by atoms with Crippen LogP contribution in [0.15, 0.2) is 109 Å². The van der Waals surface area contributed by atoms with Crippen LogP contribution in [0.5, 0.6) is 0 Å². The van der Waals surface area contributed by atoms with Crippen molar-refractivity contribution in [2.45, 2.75) is 421 Å². The number of rotatable bonds is 70. The second-order valence-electron chi connectivity index (χ2n) is 29.2. The first-order valence-corrected chi connectivity index (χ1v) is 42.1. The molecule has 2 rings (SSSR count). The van der Waals surface area contributed by atoms with E-state index in [9.17, 15) is 45.6 Å². The molecule has 14 nitrogen and oxygen atoms in total. The number of allylic oxidation sites excluding steroid dienone is 17. The van der Waals surface area contributed by atoms with Gasteiger partial charge in [-0.25, -0.2) is 0 Å². The number of aliphatic hydroxyl groups is 8. The average molecular weight is 1440 g/mol. The highest BCUT2D eigenvalue weighted by Crippen LogP contribution is 2.30. The Morgan fingerprint density at radius 3 is 1.08 bits per heavy atom. The van der Waals surface area contributed by atoms with Gasteiger partial charge in [0, 0.05) is 6.42 Å². The summed E-state index contributed by atoms with van der Waals surface area (Å²) in [5, 5.41) is 87.7. The molecule has 0 saturated carbocycles. The molecule has 1 amide bonds. The van der Waals surface area contributed by atoms with E-state index in [-0.39, 0.29) is 18.9 Å². The van der Waals surface area contributed by atoms with Crippen LogP contribution in [0, 0.1) is 0 Å². The number of hydrogen-bond acceptors (Lipinski definition) is 13. The summed E-state index contributed by atoms with van der Waals surface area (Å²) in [5.74, 6) is -0.252. The van der Waals surface area contributed by atoms with Crippen LogP contribution in [0.25, 0.3) is 0 Å². The van der Waals surface area contributed by atoms with Crippen molar-refractivity contribution >= 4 is 5.91 Å². The van der Waals surface area contributed by atoms with Gasteiger partial charge in [0.15, 0.2) is 12.6 Å². The largest absolute Gasteiger partial charge is 0.394 e. The molecule has 2 heterocycles. The van der Waals surface area contributed by atoms with Gasteiger partial charge in [-0.1, -0.05) is 354 Å². The SMILES string of the molecule is CC/C=C\C/C=C\C/C=C\C/C=C\C/C=C\C/C=C\CCCCCCCCCCCCCCCCCCC(=O)NC(COC1OC(CO)C(OC2OC(CO)C(O)C(O)C2O)C(O)C1O)C(O)/C=C/CC/C=C/CC/C=C/CCCCCCCCCCCCCCCCCCCCCCCCC. The van der Waals surface area contributed by atoms with E-state index in [2.05, 4.69) is 116 Å². The third kappa shape index (κ3) is 52.6. The van der Waals surface area contributed by atoms with Crippen molar-refractivity contribution in [1.29, 1.82) is 0 Å². The fraction of sp³-hybridized carbons (Fsp3) is 0.784. The first-order chi connectivity index (χ1) is 50.1. The normalized spacial score (nSPS) is 22.2. The number of carbonyl (C=O) groups excluding carboxylic acids is 1. The number of carbonyl (C=O) groups is 1. The number of ether oxygens (including phenoxy) is 4. The number of amides is 1. The molecule has 12 atom stereocenters. The average Bonchev–Trinajstić information content (AvgIpc) is 0.790. The van der Waals surface area contributed by atoms with Gasteiger partial charge >= 0.3 is 0 Å². The first-order valence-electron chi connectivity index (χ1n) is 42.1. The molecule has 2 fully saturated rings. The van der Waals surface area contributed by atoms with Crippen LogP contribution in [-0.2, 0) is 23.7 Å². The van der Waals surface area contributed by atoms with Gasteiger partial charge in [-0.3, -0.25) is 4.79 Å². The van der Waals surface area contributed by atoms with Crippen LogP contribution in [-0.4, -0.2) is 140 Å². The molecule has 0 aliphatic carbocycles. The summed E-state index contributed by atoms with van der Waals surface area (Å²) in [6.07, 6.45) is 86.1. The lowest BCUT2D eigenvalue weighted by Crippen LogP contribution is -2.65. The highest BCUT2D eigenvalue weighted by molar-refractivity contribution is 5.76. The van der Waals surface area contributed by atoms with Crippen LogP contribution < -0.4 is 5.32 Å². The van der Waals surface area contributed by atoms with E-state index in [1.54, 1.807) is 6.08 Å². The number of unbranched alkanes of at least 4 members (excludes halogenated alkanes) is 41. The minimum atomic E-state index is -1.80. The Labute approximate surface area is 623 Å². The molecular weight excluding hydrogens is 1280 g/mol. The summed E-state index contributed by atoms with van der Waals surface area (Å²) in [6, 6.07) is -0.946. The predicted octanol–water partition coefficient (Wildman–Crippen LogP) is 19.8. The van der Waals surface area contributed by atoms with E-state index in [1.165, 1.54) is 231 Å². The van der Waals surface area contributed by atoms with Crippen LogP contribution in [0.3, 0.4) is 0 Å². The molecule has 590 valence electrons. The molecule has 0 aromatic rings. The van der Waals surface area contributed by atoms with Gasteiger partial charge in [-0.2, -0.15) is 0 Å². The fourth-order valence-electron chi connectivity index (χ4n) is 13.3. The Hall–Kier alpha value is -3.35. The molecule has 14 heteroatoms. The third-order valence-corrected chi connectivity index (χ3v) is 19.9. The Morgan fingerprint density at radius 1 is 0.363 bits per heavy atom. The molecule has 102 heavy (non-hydrogen) atoms. The first kappa shape index (κ1) is 94.7. The Bertz CT molecular complexity index is 2140.